The molecule has 0 N–H and O–H groups in total. The van der Waals surface area contributed by atoms with Crippen LogP contribution in [0.4, 0.5) is 0 Å². The molecule has 3 nitrogen and oxygen atoms in total. The topological polar surface area (TPSA) is 23.6 Å². The Morgan fingerprint density at radius 3 is 2.29 bits per heavy atom. The lowest BCUT2D eigenvalue weighted by Gasteiger charge is -2.39. The van der Waals surface area contributed by atoms with Gasteiger partial charge in [-0.3, -0.25) is 4.79 Å². The highest BCUT2D eigenvalue weighted by atomic mass is 16.2. The quantitative estimate of drug-likeness (QED) is 0.735. The number of carbonyl (C=O) groups excluding carboxylic acids is 1. The third kappa shape index (κ3) is 3.44. The predicted molar refractivity (Wildman–Crippen MR) is 69.9 cm³/mol. The van der Waals surface area contributed by atoms with Gasteiger partial charge in [-0.05, 0) is 24.7 Å². The lowest BCUT2D eigenvalue weighted by Crippen LogP contribution is -2.47. The molecule has 2 heterocycles. The Morgan fingerprint density at radius 2 is 1.82 bits per heavy atom. The van der Waals surface area contributed by atoms with E-state index in [1.54, 1.807) is 0 Å². The van der Waals surface area contributed by atoms with Crippen molar-refractivity contribution in [2.45, 2.75) is 52.5 Å². The number of nitrogens with zero attached hydrogens (tertiary/aromatic N) is 2. The van der Waals surface area contributed by atoms with Gasteiger partial charge in [0, 0.05) is 38.6 Å². The maximum Gasteiger partial charge on any atom is 0.222 e. The SMILES string of the molecule is CC(C)(C)CN1CCC(N2CCCC2=O)CC1. The fraction of sp³-hybridized carbons (Fsp3) is 0.929. The summed E-state index contributed by atoms with van der Waals surface area (Å²) in [4.78, 5) is 16.4. The molecule has 2 aliphatic rings. The monoisotopic (exact) mass is 238 g/mol. The molecule has 2 aliphatic heterocycles. The van der Waals surface area contributed by atoms with Crippen LogP contribution in [0.3, 0.4) is 0 Å². The van der Waals surface area contributed by atoms with Crippen molar-refractivity contribution >= 4 is 5.91 Å². The Bertz CT molecular complexity index is 274. The fourth-order valence-electron chi connectivity index (χ4n) is 3.12. The first-order valence-electron chi connectivity index (χ1n) is 6.97. The molecule has 0 aromatic heterocycles. The summed E-state index contributed by atoms with van der Waals surface area (Å²) in [6, 6.07) is 0.529. The predicted octanol–water partition coefficient (Wildman–Crippen LogP) is 2.12. The van der Waals surface area contributed by atoms with E-state index in [2.05, 4.69) is 30.6 Å². The zero-order valence-electron chi connectivity index (χ0n) is 11.5. The van der Waals surface area contributed by atoms with E-state index in [9.17, 15) is 4.79 Å². The average molecular weight is 238 g/mol. The Kier molecular flexibility index (Phi) is 3.76. The van der Waals surface area contributed by atoms with Crippen molar-refractivity contribution in [3.05, 3.63) is 0 Å². The Labute approximate surface area is 105 Å². The largest absolute Gasteiger partial charge is 0.340 e. The molecule has 0 atom stereocenters. The third-order valence-corrected chi connectivity index (χ3v) is 3.81. The molecule has 0 aromatic rings. The smallest absolute Gasteiger partial charge is 0.222 e. The van der Waals surface area contributed by atoms with Crippen molar-refractivity contribution in [2.75, 3.05) is 26.2 Å². The molecule has 0 bridgehead atoms. The zero-order valence-corrected chi connectivity index (χ0v) is 11.5. The summed E-state index contributed by atoms with van der Waals surface area (Å²) in [5, 5.41) is 0. The van der Waals surface area contributed by atoms with Crippen molar-refractivity contribution in [1.82, 2.24) is 9.80 Å². The minimum Gasteiger partial charge on any atom is -0.340 e. The summed E-state index contributed by atoms with van der Waals surface area (Å²) < 4.78 is 0. The molecule has 0 saturated carbocycles. The molecule has 0 aromatic carbocycles. The van der Waals surface area contributed by atoms with Gasteiger partial charge in [0.2, 0.25) is 5.91 Å². The number of hydrogen-bond acceptors (Lipinski definition) is 2. The first-order valence-corrected chi connectivity index (χ1v) is 6.97. The summed E-state index contributed by atoms with van der Waals surface area (Å²) >= 11 is 0. The van der Waals surface area contributed by atoms with Crippen LogP contribution >= 0.6 is 0 Å². The van der Waals surface area contributed by atoms with Gasteiger partial charge in [0.1, 0.15) is 0 Å². The minimum absolute atomic E-state index is 0.385. The molecule has 2 rings (SSSR count). The van der Waals surface area contributed by atoms with Crippen LogP contribution < -0.4 is 0 Å². The Morgan fingerprint density at radius 1 is 1.18 bits per heavy atom. The van der Waals surface area contributed by atoms with Gasteiger partial charge in [-0.15, -0.1) is 0 Å². The molecule has 0 unspecified atom stereocenters. The molecule has 2 saturated heterocycles. The van der Waals surface area contributed by atoms with Gasteiger partial charge in [-0.1, -0.05) is 20.8 Å². The Hall–Kier alpha value is -0.570. The molecule has 3 heteroatoms. The molecule has 0 aliphatic carbocycles. The van der Waals surface area contributed by atoms with Gasteiger partial charge in [0.15, 0.2) is 0 Å². The van der Waals surface area contributed by atoms with Gasteiger partial charge in [0.25, 0.3) is 0 Å². The van der Waals surface area contributed by atoms with Crippen LogP contribution in [0.2, 0.25) is 0 Å². The highest BCUT2D eigenvalue weighted by molar-refractivity contribution is 5.78. The third-order valence-electron chi connectivity index (χ3n) is 3.81. The number of amides is 1. The molecule has 17 heavy (non-hydrogen) atoms. The van der Waals surface area contributed by atoms with Gasteiger partial charge in [-0.25, -0.2) is 0 Å². The second-order valence-corrected chi connectivity index (χ2v) is 6.76. The maximum absolute atomic E-state index is 11.7. The molecule has 0 spiro atoms. The molecule has 98 valence electrons. The molecule has 0 radical (unpaired) electrons. The van der Waals surface area contributed by atoms with Crippen molar-refractivity contribution in [2.24, 2.45) is 5.41 Å². The summed E-state index contributed by atoms with van der Waals surface area (Å²) in [6.45, 7) is 11.4. The average Bonchev–Trinajstić information content (AvgIpc) is 2.63. The standard InChI is InChI=1S/C14H26N2O/c1-14(2,3)11-15-9-6-12(7-10-15)16-8-4-5-13(16)17/h12H,4-11H2,1-3H3. The zero-order chi connectivity index (χ0) is 12.5. The summed E-state index contributed by atoms with van der Waals surface area (Å²) in [7, 11) is 0. The van der Waals surface area contributed by atoms with Crippen LogP contribution in [0, 0.1) is 5.41 Å². The number of likely N-dealkylation sites (tertiary alicyclic amines) is 2. The van der Waals surface area contributed by atoms with Gasteiger partial charge < -0.3 is 9.80 Å². The number of hydrogen-bond donors (Lipinski definition) is 0. The van der Waals surface area contributed by atoms with Crippen LogP contribution in [0.25, 0.3) is 0 Å². The van der Waals surface area contributed by atoms with E-state index in [4.69, 9.17) is 0 Å². The van der Waals surface area contributed by atoms with Crippen LogP contribution in [-0.2, 0) is 4.79 Å². The highest BCUT2D eigenvalue weighted by Gasteiger charge is 2.31. The first-order chi connectivity index (χ1) is 7.96. The summed E-state index contributed by atoms with van der Waals surface area (Å²) in [6.07, 6.45) is 4.19. The lowest BCUT2D eigenvalue weighted by atomic mass is 9.94. The van der Waals surface area contributed by atoms with E-state index < -0.39 is 0 Å². The van der Waals surface area contributed by atoms with E-state index in [-0.39, 0.29) is 0 Å². The lowest BCUT2D eigenvalue weighted by molar-refractivity contribution is -0.130. The van der Waals surface area contributed by atoms with Gasteiger partial charge in [-0.2, -0.15) is 0 Å². The van der Waals surface area contributed by atoms with E-state index in [1.807, 2.05) is 0 Å². The number of rotatable bonds is 2. The summed E-state index contributed by atoms with van der Waals surface area (Å²) in [5.41, 5.74) is 0.385. The van der Waals surface area contributed by atoms with Gasteiger partial charge in [0.05, 0.1) is 0 Å². The number of carbonyl (C=O) groups is 1. The normalized spacial score (nSPS) is 24.6. The molecular weight excluding hydrogens is 212 g/mol. The maximum atomic E-state index is 11.7. The second-order valence-electron chi connectivity index (χ2n) is 6.76. The summed E-state index contributed by atoms with van der Waals surface area (Å²) in [5.74, 6) is 0.388. The fourth-order valence-corrected chi connectivity index (χ4v) is 3.12. The second kappa shape index (κ2) is 4.97. The first kappa shape index (κ1) is 12.9. The van der Waals surface area contributed by atoms with Crippen molar-refractivity contribution < 1.29 is 4.79 Å². The van der Waals surface area contributed by atoms with Crippen molar-refractivity contribution in [3.8, 4) is 0 Å². The van der Waals surface area contributed by atoms with Crippen molar-refractivity contribution in [1.29, 1.82) is 0 Å². The molecular formula is C14H26N2O. The van der Waals surface area contributed by atoms with E-state index in [0.29, 0.717) is 17.4 Å². The van der Waals surface area contributed by atoms with E-state index in [1.165, 1.54) is 19.4 Å². The Balaban J connectivity index is 1.80. The highest BCUT2D eigenvalue weighted by Crippen LogP contribution is 2.24. The van der Waals surface area contributed by atoms with Crippen LogP contribution in [0.15, 0.2) is 0 Å². The van der Waals surface area contributed by atoms with E-state index >= 15 is 0 Å². The molecule has 2 fully saturated rings. The van der Waals surface area contributed by atoms with E-state index in [0.717, 1.165) is 32.5 Å². The van der Waals surface area contributed by atoms with Crippen LogP contribution in [0.1, 0.15) is 46.5 Å². The number of piperidine rings is 1. The van der Waals surface area contributed by atoms with Crippen LogP contribution in [0.5, 0.6) is 0 Å². The van der Waals surface area contributed by atoms with Crippen LogP contribution in [-0.4, -0.2) is 47.9 Å². The molecule has 1 amide bonds. The minimum atomic E-state index is 0.385. The van der Waals surface area contributed by atoms with Gasteiger partial charge >= 0.3 is 0 Å². The van der Waals surface area contributed by atoms with Crippen molar-refractivity contribution in [3.63, 3.8) is 0 Å².